The number of nitrogen functional groups attached to an aromatic ring is 1. The number of hydrogen-bond donors (Lipinski definition) is 1. The van der Waals surface area contributed by atoms with Crippen LogP contribution in [-0.4, -0.2) is 9.19 Å². The van der Waals surface area contributed by atoms with Crippen molar-refractivity contribution in [2.24, 2.45) is 0 Å². The SMILES string of the molecule is Nc1cc(F)cc(S(=O)Cc2nc3ccccc3s2)c1. The maximum absolute atomic E-state index is 13.3. The lowest BCUT2D eigenvalue weighted by Crippen LogP contribution is -1.98. The van der Waals surface area contributed by atoms with Crippen molar-refractivity contribution in [3.05, 3.63) is 53.3 Å². The largest absolute Gasteiger partial charge is 0.399 e. The summed E-state index contributed by atoms with van der Waals surface area (Å²) >= 11 is 1.50. The zero-order valence-corrected chi connectivity index (χ0v) is 12.0. The van der Waals surface area contributed by atoms with Gasteiger partial charge in [-0.2, -0.15) is 0 Å². The average Bonchev–Trinajstić information content (AvgIpc) is 2.79. The Labute approximate surface area is 121 Å². The smallest absolute Gasteiger partial charge is 0.126 e. The van der Waals surface area contributed by atoms with E-state index >= 15 is 0 Å². The quantitative estimate of drug-likeness (QED) is 0.755. The van der Waals surface area contributed by atoms with E-state index in [2.05, 4.69) is 4.98 Å². The highest BCUT2D eigenvalue weighted by atomic mass is 32.2. The molecule has 0 aliphatic heterocycles. The van der Waals surface area contributed by atoms with E-state index in [-0.39, 0.29) is 11.4 Å². The standard InChI is InChI=1S/C14H11FN2OS2/c15-9-5-10(16)7-11(6-9)20(18)8-14-17-12-3-1-2-4-13(12)19-14/h1-7H,8,16H2. The maximum atomic E-state index is 13.3. The predicted octanol–water partition coefficient (Wildman–Crippen LogP) is 3.33. The van der Waals surface area contributed by atoms with Crippen molar-refractivity contribution >= 4 is 38.0 Å². The highest BCUT2D eigenvalue weighted by molar-refractivity contribution is 7.84. The molecule has 3 aromatic rings. The number of anilines is 1. The number of para-hydroxylation sites is 1. The molecule has 0 bridgehead atoms. The van der Waals surface area contributed by atoms with Gasteiger partial charge in [-0.05, 0) is 30.3 Å². The Hall–Kier alpha value is -1.79. The van der Waals surface area contributed by atoms with E-state index in [1.807, 2.05) is 24.3 Å². The van der Waals surface area contributed by atoms with E-state index in [9.17, 15) is 8.60 Å². The number of benzene rings is 2. The molecular formula is C14H11FN2OS2. The first-order valence-corrected chi connectivity index (χ1v) is 8.04. The summed E-state index contributed by atoms with van der Waals surface area (Å²) in [4.78, 5) is 4.81. The van der Waals surface area contributed by atoms with Gasteiger partial charge in [0, 0.05) is 10.6 Å². The van der Waals surface area contributed by atoms with Gasteiger partial charge in [-0.15, -0.1) is 11.3 Å². The Bertz CT molecular complexity index is 747. The molecule has 0 aliphatic carbocycles. The van der Waals surface area contributed by atoms with Crippen LogP contribution >= 0.6 is 11.3 Å². The van der Waals surface area contributed by atoms with Gasteiger partial charge in [0.05, 0.1) is 26.8 Å². The molecule has 0 saturated carbocycles. The summed E-state index contributed by atoms with van der Waals surface area (Å²) in [5.41, 5.74) is 6.73. The maximum Gasteiger partial charge on any atom is 0.126 e. The Balaban J connectivity index is 1.88. The first-order chi connectivity index (χ1) is 9.61. The van der Waals surface area contributed by atoms with Crippen molar-refractivity contribution in [1.29, 1.82) is 0 Å². The van der Waals surface area contributed by atoms with E-state index in [4.69, 9.17) is 5.73 Å². The molecule has 0 amide bonds. The first-order valence-electron chi connectivity index (χ1n) is 5.91. The predicted molar refractivity (Wildman–Crippen MR) is 80.5 cm³/mol. The summed E-state index contributed by atoms with van der Waals surface area (Å²) in [6.45, 7) is 0. The van der Waals surface area contributed by atoms with E-state index < -0.39 is 16.6 Å². The molecule has 0 spiro atoms. The molecule has 20 heavy (non-hydrogen) atoms. The molecule has 2 N–H and O–H groups in total. The van der Waals surface area contributed by atoms with Crippen molar-refractivity contribution in [3.63, 3.8) is 0 Å². The Kier molecular flexibility index (Phi) is 3.50. The highest BCUT2D eigenvalue weighted by Crippen LogP contribution is 2.24. The molecule has 1 heterocycles. The second-order valence-corrected chi connectivity index (χ2v) is 6.85. The third-order valence-electron chi connectivity index (χ3n) is 2.75. The molecular weight excluding hydrogens is 295 g/mol. The van der Waals surface area contributed by atoms with Crippen LogP contribution in [0.4, 0.5) is 10.1 Å². The molecule has 1 atom stereocenters. The van der Waals surface area contributed by atoms with Gasteiger partial charge >= 0.3 is 0 Å². The van der Waals surface area contributed by atoms with Crippen LogP contribution in [0.3, 0.4) is 0 Å². The van der Waals surface area contributed by atoms with Crippen molar-refractivity contribution in [2.45, 2.75) is 10.6 Å². The minimum atomic E-state index is -1.35. The van der Waals surface area contributed by atoms with Gasteiger partial charge in [0.15, 0.2) is 0 Å². The minimum absolute atomic E-state index is 0.266. The lowest BCUT2D eigenvalue weighted by molar-refractivity contribution is 0.623. The van der Waals surface area contributed by atoms with Gasteiger partial charge in [0.2, 0.25) is 0 Å². The number of aromatic nitrogens is 1. The topological polar surface area (TPSA) is 56.0 Å². The van der Waals surface area contributed by atoms with Gasteiger partial charge in [-0.1, -0.05) is 12.1 Å². The van der Waals surface area contributed by atoms with Crippen molar-refractivity contribution in [2.75, 3.05) is 5.73 Å². The van der Waals surface area contributed by atoms with Crippen LogP contribution in [0.5, 0.6) is 0 Å². The van der Waals surface area contributed by atoms with Crippen LogP contribution in [0.1, 0.15) is 5.01 Å². The summed E-state index contributed by atoms with van der Waals surface area (Å²) < 4.78 is 26.6. The summed E-state index contributed by atoms with van der Waals surface area (Å²) in [7, 11) is -1.35. The Morgan fingerprint density at radius 1 is 1.25 bits per heavy atom. The zero-order valence-electron chi connectivity index (χ0n) is 10.4. The molecule has 0 radical (unpaired) electrons. The fraction of sp³-hybridized carbons (Fsp3) is 0.0714. The molecule has 6 heteroatoms. The van der Waals surface area contributed by atoms with Crippen LogP contribution in [0, 0.1) is 5.82 Å². The van der Waals surface area contributed by atoms with E-state index in [0.717, 1.165) is 15.2 Å². The van der Waals surface area contributed by atoms with Crippen molar-refractivity contribution in [1.82, 2.24) is 4.98 Å². The number of thiazole rings is 1. The van der Waals surface area contributed by atoms with Crippen LogP contribution in [0.2, 0.25) is 0 Å². The number of fused-ring (bicyclic) bond motifs is 1. The Morgan fingerprint density at radius 3 is 2.80 bits per heavy atom. The number of halogens is 1. The molecule has 0 aliphatic rings. The molecule has 3 rings (SSSR count). The number of nitrogens with two attached hydrogens (primary N) is 1. The summed E-state index contributed by atoms with van der Waals surface area (Å²) in [5, 5.41) is 0.771. The summed E-state index contributed by atoms with van der Waals surface area (Å²) in [6, 6.07) is 11.7. The first kappa shape index (κ1) is 13.2. The van der Waals surface area contributed by atoms with E-state index in [1.54, 1.807) is 0 Å². The van der Waals surface area contributed by atoms with E-state index in [0.29, 0.717) is 4.90 Å². The minimum Gasteiger partial charge on any atom is -0.399 e. The fourth-order valence-corrected chi connectivity index (χ4v) is 4.18. The number of nitrogens with zero attached hydrogens (tertiary/aromatic N) is 1. The molecule has 3 nitrogen and oxygen atoms in total. The van der Waals surface area contributed by atoms with Gasteiger partial charge < -0.3 is 5.73 Å². The normalized spacial score (nSPS) is 12.7. The average molecular weight is 306 g/mol. The Morgan fingerprint density at radius 2 is 2.05 bits per heavy atom. The molecule has 2 aromatic carbocycles. The monoisotopic (exact) mass is 306 g/mol. The second-order valence-electron chi connectivity index (χ2n) is 4.29. The lowest BCUT2D eigenvalue weighted by atomic mass is 10.3. The third kappa shape index (κ3) is 2.71. The molecule has 0 fully saturated rings. The third-order valence-corrected chi connectivity index (χ3v) is 5.27. The van der Waals surface area contributed by atoms with Gasteiger partial charge in [-0.3, -0.25) is 4.21 Å². The van der Waals surface area contributed by atoms with Crippen LogP contribution in [0.15, 0.2) is 47.4 Å². The second kappa shape index (κ2) is 5.30. The van der Waals surface area contributed by atoms with Crippen LogP contribution in [-0.2, 0) is 16.6 Å². The van der Waals surface area contributed by atoms with Crippen molar-refractivity contribution in [3.8, 4) is 0 Å². The summed E-state index contributed by atoms with van der Waals surface area (Å²) in [6.07, 6.45) is 0. The van der Waals surface area contributed by atoms with Gasteiger partial charge in [-0.25, -0.2) is 9.37 Å². The van der Waals surface area contributed by atoms with Crippen LogP contribution < -0.4 is 5.73 Å². The molecule has 1 unspecified atom stereocenters. The van der Waals surface area contributed by atoms with Gasteiger partial charge in [0.1, 0.15) is 10.8 Å². The van der Waals surface area contributed by atoms with Gasteiger partial charge in [0.25, 0.3) is 0 Å². The molecule has 0 saturated heterocycles. The highest BCUT2D eigenvalue weighted by Gasteiger charge is 2.11. The number of hydrogen-bond acceptors (Lipinski definition) is 4. The number of rotatable bonds is 3. The van der Waals surface area contributed by atoms with E-state index in [1.165, 1.54) is 29.5 Å². The van der Waals surface area contributed by atoms with Crippen molar-refractivity contribution < 1.29 is 8.60 Å². The summed E-state index contributed by atoms with van der Waals surface area (Å²) in [5.74, 6) is -0.208. The molecule has 102 valence electrons. The molecule has 1 aromatic heterocycles. The van der Waals surface area contributed by atoms with Crippen LogP contribution in [0.25, 0.3) is 10.2 Å². The zero-order chi connectivity index (χ0) is 14.1. The lowest BCUT2D eigenvalue weighted by Gasteiger charge is -2.02. The fourth-order valence-electron chi connectivity index (χ4n) is 1.89.